The normalized spacial score (nSPS) is 19.5. The maximum absolute atomic E-state index is 13.7. The van der Waals surface area contributed by atoms with Crippen molar-refractivity contribution < 1.29 is 13.9 Å². The largest absolute Gasteiger partial charge is 0.444 e. The summed E-state index contributed by atoms with van der Waals surface area (Å²) in [6.45, 7) is 7.27. The number of carbonyl (C=O) groups is 1. The lowest BCUT2D eigenvalue weighted by molar-refractivity contribution is -0.0949. The van der Waals surface area contributed by atoms with Gasteiger partial charge in [0.05, 0.1) is 5.39 Å². The van der Waals surface area contributed by atoms with Crippen molar-refractivity contribution in [1.29, 1.82) is 0 Å². The number of aromatic nitrogens is 2. The Morgan fingerprint density at radius 2 is 2.04 bits per heavy atom. The van der Waals surface area contributed by atoms with E-state index in [1.807, 2.05) is 40.0 Å². The molecule has 0 bridgehead atoms. The second-order valence-corrected chi connectivity index (χ2v) is 9.08. The highest BCUT2D eigenvalue weighted by Crippen LogP contribution is 2.53. The smallest absolute Gasteiger partial charge is 0.410 e. The minimum absolute atomic E-state index is 0.204. The Balaban J connectivity index is 1.31. The van der Waals surface area contributed by atoms with Gasteiger partial charge >= 0.3 is 6.09 Å². The second-order valence-electron chi connectivity index (χ2n) is 9.08. The molecule has 26 heavy (non-hydrogen) atoms. The summed E-state index contributed by atoms with van der Waals surface area (Å²) >= 11 is 0. The third-order valence-electron chi connectivity index (χ3n) is 5.48. The first kappa shape index (κ1) is 17.3. The number of likely N-dealkylation sites (tertiary alicyclic amines) is 1. The summed E-state index contributed by atoms with van der Waals surface area (Å²) in [6.07, 6.45) is 4.42. The van der Waals surface area contributed by atoms with E-state index in [1.165, 1.54) is 6.20 Å². The molecule has 4 rings (SSSR count). The molecule has 0 unspecified atom stereocenters. The quantitative estimate of drug-likeness (QED) is 0.817. The van der Waals surface area contributed by atoms with Gasteiger partial charge in [0.25, 0.3) is 0 Å². The topological polar surface area (TPSA) is 47.4 Å². The van der Waals surface area contributed by atoms with Crippen molar-refractivity contribution in [3.8, 4) is 0 Å². The van der Waals surface area contributed by atoms with E-state index in [0.29, 0.717) is 17.0 Å². The number of amides is 1. The fraction of sp³-hybridized carbons (Fsp3) is 0.600. The molecule has 0 aromatic carbocycles. The van der Waals surface area contributed by atoms with Gasteiger partial charge in [-0.25, -0.2) is 14.2 Å². The number of carbonyl (C=O) groups excluding carboxylic acids is 1. The molecule has 3 heterocycles. The lowest BCUT2D eigenvalue weighted by atomic mass is 9.57. The number of hydrogen-bond donors (Lipinski definition) is 0. The van der Waals surface area contributed by atoms with Crippen LogP contribution in [-0.2, 0) is 18.2 Å². The molecule has 1 aliphatic carbocycles. The van der Waals surface area contributed by atoms with Crippen LogP contribution in [0, 0.1) is 17.2 Å². The van der Waals surface area contributed by atoms with Gasteiger partial charge in [0, 0.05) is 37.4 Å². The van der Waals surface area contributed by atoms with Crippen LogP contribution in [0.15, 0.2) is 18.3 Å². The van der Waals surface area contributed by atoms with Crippen molar-refractivity contribution >= 4 is 17.1 Å². The van der Waals surface area contributed by atoms with E-state index in [9.17, 15) is 9.18 Å². The van der Waals surface area contributed by atoms with Crippen molar-refractivity contribution in [2.75, 3.05) is 13.1 Å². The minimum atomic E-state index is -0.442. The van der Waals surface area contributed by atoms with E-state index in [4.69, 9.17) is 4.74 Å². The summed E-state index contributed by atoms with van der Waals surface area (Å²) < 4.78 is 20.9. The molecule has 0 radical (unpaired) electrons. The van der Waals surface area contributed by atoms with Gasteiger partial charge in [-0.15, -0.1) is 0 Å². The van der Waals surface area contributed by atoms with E-state index in [-0.39, 0.29) is 17.3 Å². The summed E-state index contributed by atoms with van der Waals surface area (Å²) in [5.41, 5.74) is 1.56. The highest BCUT2D eigenvalue weighted by molar-refractivity contribution is 5.77. The first-order valence-corrected chi connectivity index (χ1v) is 9.23. The van der Waals surface area contributed by atoms with Crippen LogP contribution in [0.1, 0.15) is 39.3 Å². The predicted octanol–water partition coefficient (Wildman–Crippen LogP) is 3.90. The molecular weight excluding hydrogens is 333 g/mol. The van der Waals surface area contributed by atoms with Gasteiger partial charge in [0.1, 0.15) is 17.1 Å². The Bertz CT molecular complexity index is 854. The van der Waals surface area contributed by atoms with E-state index in [1.54, 1.807) is 9.47 Å². The number of rotatable bonds is 2. The van der Waals surface area contributed by atoms with E-state index >= 15 is 0 Å². The van der Waals surface area contributed by atoms with Crippen LogP contribution in [0.25, 0.3) is 11.0 Å². The molecule has 140 valence electrons. The monoisotopic (exact) mass is 359 g/mol. The standard InChI is InChI=1S/C20H26FN3O2/c1-19(2,3)26-18(25)24-11-20(12-24)8-13(9-20)7-14-5-6-15-16(21)10-23(4)17(15)22-14/h5-6,10,13H,7-9,11-12H2,1-4H3. The number of ether oxygens (including phenoxy) is 1. The lowest BCUT2D eigenvalue weighted by Crippen LogP contribution is -2.64. The number of aryl methyl sites for hydroxylation is 1. The maximum Gasteiger partial charge on any atom is 0.410 e. The average Bonchev–Trinajstić information content (AvgIpc) is 2.73. The summed E-state index contributed by atoms with van der Waals surface area (Å²) in [6, 6.07) is 3.76. The molecule has 1 saturated heterocycles. The van der Waals surface area contributed by atoms with Crippen LogP contribution in [-0.4, -0.2) is 39.2 Å². The maximum atomic E-state index is 13.7. The molecule has 2 aromatic rings. The molecular formula is C20H26FN3O2. The highest BCUT2D eigenvalue weighted by Gasteiger charge is 2.54. The number of pyridine rings is 1. The molecule has 2 aliphatic rings. The SMILES string of the molecule is Cn1cc(F)c2ccc(CC3CC4(C3)CN(C(=O)OC(C)(C)C)C4)nc21. The van der Waals surface area contributed by atoms with Crippen LogP contribution in [0.2, 0.25) is 0 Å². The van der Waals surface area contributed by atoms with Crippen LogP contribution in [0.5, 0.6) is 0 Å². The van der Waals surface area contributed by atoms with Gasteiger partial charge in [-0.1, -0.05) is 0 Å². The Hall–Kier alpha value is -2.11. The number of fused-ring (bicyclic) bond motifs is 1. The molecule has 2 fully saturated rings. The minimum Gasteiger partial charge on any atom is -0.444 e. The van der Waals surface area contributed by atoms with Gasteiger partial charge < -0.3 is 14.2 Å². The van der Waals surface area contributed by atoms with E-state index in [0.717, 1.165) is 38.0 Å². The van der Waals surface area contributed by atoms with Crippen molar-refractivity contribution in [1.82, 2.24) is 14.5 Å². The molecule has 1 saturated carbocycles. The average molecular weight is 359 g/mol. The molecule has 2 aromatic heterocycles. The highest BCUT2D eigenvalue weighted by atomic mass is 19.1. The summed E-state index contributed by atoms with van der Waals surface area (Å²) in [5, 5.41) is 0.577. The Kier molecular flexibility index (Phi) is 3.79. The molecule has 5 nitrogen and oxygen atoms in total. The lowest BCUT2D eigenvalue weighted by Gasteiger charge is -2.58. The van der Waals surface area contributed by atoms with Crippen LogP contribution < -0.4 is 0 Å². The van der Waals surface area contributed by atoms with E-state index in [2.05, 4.69) is 4.98 Å². The third-order valence-corrected chi connectivity index (χ3v) is 5.48. The van der Waals surface area contributed by atoms with Gasteiger partial charge in [-0.2, -0.15) is 0 Å². The Morgan fingerprint density at radius 3 is 2.69 bits per heavy atom. The van der Waals surface area contributed by atoms with E-state index < -0.39 is 5.60 Å². The summed E-state index contributed by atoms with van der Waals surface area (Å²) in [5.74, 6) is 0.367. The fourth-order valence-corrected chi connectivity index (χ4v) is 4.44. The van der Waals surface area contributed by atoms with Gasteiger partial charge in [-0.3, -0.25) is 0 Å². The van der Waals surface area contributed by atoms with Crippen LogP contribution in [0.4, 0.5) is 9.18 Å². The third kappa shape index (κ3) is 3.06. The number of hydrogen-bond acceptors (Lipinski definition) is 3. The van der Waals surface area contributed by atoms with Crippen molar-refractivity contribution in [3.63, 3.8) is 0 Å². The predicted molar refractivity (Wildman–Crippen MR) is 97.3 cm³/mol. The fourth-order valence-electron chi connectivity index (χ4n) is 4.44. The Morgan fingerprint density at radius 1 is 1.35 bits per heavy atom. The number of halogens is 1. The van der Waals surface area contributed by atoms with Crippen molar-refractivity contribution in [2.24, 2.45) is 18.4 Å². The number of nitrogens with zero attached hydrogens (tertiary/aromatic N) is 3. The molecule has 0 N–H and O–H groups in total. The zero-order chi connectivity index (χ0) is 18.7. The van der Waals surface area contributed by atoms with Crippen LogP contribution in [0.3, 0.4) is 0 Å². The van der Waals surface area contributed by atoms with Gasteiger partial charge in [0.15, 0.2) is 0 Å². The van der Waals surface area contributed by atoms with Crippen molar-refractivity contribution in [3.05, 3.63) is 29.8 Å². The first-order valence-electron chi connectivity index (χ1n) is 9.23. The zero-order valence-electron chi connectivity index (χ0n) is 15.9. The second kappa shape index (κ2) is 5.69. The zero-order valence-corrected chi connectivity index (χ0v) is 15.9. The molecule has 1 amide bonds. The summed E-state index contributed by atoms with van der Waals surface area (Å²) in [4.78, 5) is 18.5. The van der Waals surface area contributed by atoms with Crippen LogP contribution >= 0.6 is 0 Å². The first-order chi connectivity index (χ1) is 12.1. The van der Waals surface area contributed by atoms with Gasteiger partial charge in [-0.05, 0) is 58.1 Å². The molecule has 1 aliphatic heterocycles. The molecule has 1 spiro atoms. The Labute approximate surface area is 153 Å². The van der Waals surface area contributed by atoms with Gasteiger partial charge in [0.2, 0.25) is 0 Å². The summed E-state index contributed by atoms with van der Waals surface area (Å²) in [7, 11) is 1.82. The van der Waals surface area contributed by atoms with Crippen molar-refractivity contribution in [2.45, 2.75) is 45.6 Å². The molecule has 6 heteroatoms. The molecule has 0 atom stereocenters.